The average molecular weight is 651 g/mol. The molecule has 10 aromatic rings. The first-order valence-electron chi connectivity index (χ1n) is 17.2. The molecule has 0 saturated carbocycles. The fourth-order valence-corrected chi connectivity index (χ4v) is 7.32. The zero-order valence-electron chi connectivity index (χ0n) is 27.6. The van der Waals surface area contributed by atoms with Crippen LogP contribution < -0.4 is 0 Å². The van der Waals surface area contributed by atoms with Gasteiger partial charge in [-0.3, -0.25) is 0 Å². The van der Waals surface area contributed by atoms with E-state index in [1.54, 1.807) is 0 Å². The topological polar surface area (TPSA) is 38.9 Å². The van der Waals surface area contributed by atoms with Crippen molar-refractivity contribution in [2.75, 3.05) is 0 Å². The molecular weight excluding hydrogens is 621 g/mol. The Balaban J connectivity index is 1.01. The number of furan rings is 1. The molecule has 2 aromatic heterocycles. The highest BCUT2D eigenvalue weighted by Gasteiger charge is 2.16. The average Bonchev–Trinajstić information content (AvgIpc) is 3.60. The molecule has 0 radical (unpaired) electrons. The van der Waals surface area contributed by atoms with E-state index in [-0.39, 0.29) is 0 Å². The normalized spacial score (nSPS) is 11.5. The molecule has 51 heavy (non-hydrogen) atoms. The third kappa shape index (κ3) is 5.06. The number of rotatable bonds is 5. The van der Waals surface area contributed by atoms with Gasteiger partial charge in [-0.15, -0.1) is 0 Å². The Hall–Kier alpha value is -6.84. The number of hydrogen-bond acceptors (Lipinski definition) is 3. The third-order valence-corrected chi connectivity index (χ3v) is 9.93. The quantitative estimate of drug-likeness (QED) is 0.186. The number of nitrogens with zero attached hydrogens (tertiary/aromatic N) is 2. The van der Waals surface area contributed by atoms with Gasteiger partial charge in [-0.2, -0.15) is 0 Å². The Kier molecular flexibility index (Phi) is 6.81. The Labute approximate surface area is 295 Å². The molecule has 2 heterocycles. The van der Waals surface area contributed by atoms with E-state index < -0.39 is 0 Å². The zero-order valence-corrected chi connectivity index (χ0v) is 27.6. The van der Waals surface area contributed by atoms with Crippen LogP contribution in [0.2, 0.25) is 0 Å². The lowest BCUT2D eigenvalue weighted by atomic mass is 9.95. The van der Waals surface area contributed by atoms with Crippen LogP contribution in [-0.4, -0.2) is 9.97 Å². The van der Waals surface area contributed by atoms with E-state index in [1.807, 2.05) is 24.3 Å². The molecule has 0 fully saturated rings. The number of benzene rings is 8. The molecule has 0 bridgehead atoms. The van der Waals surface area contributed by atoms with Gasteiger partial charge in [0.05, 0.1) is 11.2 Å². The first kappa shape index (κ1) is 29.1. The van der Waals surface area contributed by atoms with Crippen molar-refractivity contribution in [1.29, 1.82) is 0 Å². The van der Waals surface area contributed by atoms with Crippen molar-refractivity contribution in [2.24, 2.45) is 0 Å². The SMILES string of the molecule is c1ccc(-c2ccc(-c3ccc(-c4nc(-c5ccc(-c6cccc7ccc8c9ccccc9oc8c67)cc5)c5ccccc5n4)cc3)cc2)cc1. The van der Waals surface area contributed by atoms with Gasteiger partial charge in [0.2, 0.25) is 0 Å². The molecule has 0 N–H and O–H groups in total. The summed E-state index contributed by atoms with van der Waals surface area (Å²) in [5, 5.41) is 5.58. The maximum absolute atomic E-state index is 6.46. The Morgan fingerprint density at radius 2 is 0.941 bits per heavy atom. The van der Waals surface area contributed by atoms with E-state index in [9.17, 15) is 0 Å². The maximum Gasteiger partial charge on any atom is 0.160 e. The second-order valence-corrected chi connectivity index (χ2v) is 13.0. The Morgan fingerprint density at radius 1 is 0.353 bits per heavy atom. The molecule has 3 nitrogen and oxygen atoms in total. The summed E-state index contributed by atoms with van der Waals surface area (Å²) in [5.74, 6) is 0.708. The minimum Gasteiger partial charge on any atom is -0.455 e. The van der Waals surface area contributed by atoms with Crippen LogP contribution in [0.15, 0.2) is 186 Å². The first-order valence-corrected chi connectivity index (χ1v) is 17.2. The molecule has 3 heteroatoms. The molecule has 0 aliphatic carbocycles. The first-order chi connectivity index (χ1) is 25.3. The second kappa shape index (κ2) is 11.9. The van der Waals surface area contributed by atoms with Crippen LogP contribution in [-0.2, 0) is 0 Å². The molecule has 238 valence electrons. The van der Waals surface area contributed by atoms with Gasteiger partial charge in [-0.1, -0.05) is 164 Å². The van der Waals surface area contributed by atoms with Gasteiger partial charge in [-0.05, 0) is 57.0 Å². The molecule has 8 aromatic carbocycles. The van der Waals surface area contributed by atoms with Gasteiger partial charge in [0.15, 0.2) is 5.82 Å². The smallest absolute Gasteiger partial charge is 0.160 e. The van der Waals surface area contributed by atoms with Gasteiger partial charge in [-0.25, -0.2) is 9.97 Å². The zero-order chi connectivity index (χ0) is 33.7. The van der Waals surface area contributed by atoms with Crippen LogP contribution in [0, 0.1) is 0 Å². The third-order valence-electron chi connectivity index (χ3n) is 9.93. The second-order valence-electron chi connectivity index (χ2n) is 13.0. The van der Waals surface area contributed by atoms with E-state index in [2.05, 4.69) is 158 Å². The van der Waals surface area contributed by atoms with E-state index in [1.165, 1.54) is 16.7 Å². The lowest BCUT2D eigenvalue weighted by Gasteiger charge is -2.12. The van der Waals surface area contributed by atoms with Crippen LogP contribution in [0.25, 0.3) is 99.6 Å². The van der Waals surface area contributed by atoms with Gasteiger partial charge in [0.25, 0.3) is 0 Å². The van der Waals surface area contributed by atoms with Crippen LogP contribution in [0.5, 0.6) is 0 Å². The van der Waals surface area contributed by atoms with E-state index in [0.717, 1.165) is 77.1 Å². The highest BCUT2D eigenvalue weighted by molar-refractivity contribution is 6.19. The summed E-state index contributed by atoms with van der Waals surface area (Å²) in [6.45, 7) is 0. The van der Waals surface area contributed by atoms with Crippen LogP contribution in [0.4, 0.5) is 0 Å². The Bertz CT molecular complexity index is 2870. The molecule has 0 aliphatic rings. The van der Waals surface area contributed by atoms with Crippen molar-refractivity contribution in [3.05, 3.63) is 182 Å². The monoisotopic (exact) mass is 650 g/mol. The molecule has 0 atom stereocenters. The van der Waals surface area contributed by atoms with Gasteiger partial charge in [0, 0.05) is 32.7 Å². The summed E-state index contributed by atoms with van der Waals surface area (Å²) in [4.78, 5) is 10.2. The number of fused-ring (bicyclic) bond motifs is 6. The number of para-hydroxylation sites is 2. The van der Waals surface area contributed by atoms with Crippen molar-refractivity contribution in [2.45, 2.75) is 0 Å². The van der Waals surface area contributed by atoms with E-state index in [0.29, 0.717) is 5.82 Å². The minimum atomic E-state index is 0.708. The van der Waals surface area contributed by atoms with Crippen molar-refractivity contribution in [3.8, 4) is 56.0 Å². The maximum atomic E-state index is 6.46. The van der Waals surface area contributed by atoms with Gasteiger partial charge < -0.3 is 4.42 Å². The fourth-order valence-electron chi connectivity index (χ4n) is 7.32. The summed E-state index contributed by atoms with van der Waals surface area (Å²) in [7, 11) is 0. The molecule has 0 unspecified atom stereocenters. The summed E-state index contributed by atoms with van der Waals surface area (Å²) >= 11 is 0. The summed E-state index contributed by atoms with van der Waals surface area (Å²) in [6.07, 6.45) is 0. The molecule has 0 amide bonds. The summed E-state index contributed by atoms with van der Waals surface area (Å²) in [6, 6.07) is 63.8. The fraction of sp³-hybridized carbons (Fsp3) is 0. The van der Waals surface area contributed by atoms with Crippen LogP contribution >= 0.6 is 0 Å². The van der Waals surface area contributed by atoms with Crippen molar-refractivity contribution < 1.29 is 4.42 Å². The predicted molar refractivity (Wildman–Crippen MR) is 212 cm³/mol. The van der Waals surface area contributed by atoms with Crippen molar-refractivity contribution in [1.82, 2.24) is 9.97 Å². The molecule has 0 aliphatic heterocycles. The number of aromatic nitrogens is 2. The highest BCUT2D eigenvalue weighted by atomic mass is 16.3. The lowest BCUT2D eigenvalue weighted by Crippen LogP contribution is -1.95. The largest absolute Gasteiger partial charge is 0.455 e. The van der Waals surface area contributed by atoms with Crippen molar-refractivity contribution in [3.63, 3.8) is 0 Å². The van der Waals surface area contributed by atoms with Crippen LogP contribution in [0.3, 0.4) is 0 Å². The summed E-state index contributed by atoms with van der Waals surface area (Å²) in [5.41, 5.74) is 12.7. The van der Waals surface area contributed by atoms with Gasteiger partial charge >= 0.3 is 0 Å². The van der Waals surface area contributed by atoms with E-state index in [4.69, 9.17) is 14.4 Å². The van der Waals surface area contributed by atoms with E-state index >= 15 is 0 Å². The lowest BCUT2D eigenvalue weighted by molar-refractivity contribution is 0.673. The molecule has 0 saturated heterocycles. The number of hydrogen-bond donors (Lipinski definition) is 0. The molecule has 0 spiro atoms. The summed E-state index contributed by atoms with van der Waals surface area (Å²) < 4.78 is 6.46. The Morgan fingerprint density at radius 3 is 1.69 bits per heavy atom. The standard InChI is InChI=1S/C48H30N2O/c1-2-9-31(10-3-1)32-17-19-33(20-18-32)34-21-27-38(28-22-34)48-49-43-15-6-4-13-42(43)46(50-48)37-25-23-35(24-26-37)39-14-8-11-36-29-30-41-40-12-5-7-16-44(40)51-47(41)45(36)39/h1-30H. The van der Waals surface area contributed by atoms with Gasteiger partial charge in [0.1, 0.15) is 11.2 Å². The highest BCUT2D eigenvalue weighted by Crippen LogP contribution is 2.40. The van der Waals surface area contributed by atoms with Crippen LogP contribution in [0.1, 0.15) is 0 Å². The minimum absolute atomic E-state index is 0.708. The predicted octanol–water partition coefficient (Wildman–Crippen LogP) is 13.0. The van der Waals surface area contributed by atoms with Crippen molar-refractivity contribution >= 4 is 43.6 Å². The molecular formula is C48H30N2O. The molecule has 10 rings (SSSR count).